The largest absolute Gasteiger partial charge is 0.370 e. The van der Waals surface area contributed by atoms with Crippen molar-refractivity contribution in [3.8, 4) is 0 Å². The first-order valence-electron chi connectivity index (χ1n) is 11.8. The highest BCUT2D eigenvalue weighted by Gasteiger charge is 2.31. The van der Waals surface area contributed by atoms with Gasteiger partial charge in [-0.15, -0.1) is 21.5 Å². The van der Waals surface area contributed by atoms with Crippen molar-refractivity contribution in [3.63, 3.8) is 0 Å². The van der Waals surface area contributed by atoms with Gasteiger partial charge in [0.15, 0.2) is 5.16 Å². The number of carbonyl (C=O) groups excluding carboxylic acids is 1. The Morgan fingerprint density at radius 2 is 1.91 bits per heavy atom. The van der Waals surface area contributed by atoms with Crippen molar-refractivity contribution in [3.05, 3.63) is 22.1 Å². The van der Waals surface area contributed by atoms with Gasteiger partial charge in [-0.05, 0) is 75.9 Å². The second-order valence-corrected chi connectivity index (χ2v) is 11.6. The van der Waals surface area contributed by atoms with E-state index in [1.807, 2.05) is 0 Å². The van der Waals surface area contributed by atoms with Gasteiger partial charge in [0.25, 0.3) is 0 Å². The number of primary amides is 1. The maximum atomic E-state index is 11.3. The van der Waals surface area contributed by atoms with Crippen molar-refractivity contribution >= 4 is 39.2 Å². The Labute approximate surface area is 202 Å². The van der Waals surface area contributed by atoms with Crippen molar-refractivity contribution in [2.24, 2.45) is 11.7 Å². The fourth-order valence-corrected chi connectivity index (χ4v) is 6.61. The first-order valence-corrected chi connectivity index (χ1v) is 13.4. The van der Waals surface area contributed by atoms with E-state index >= 15 is 0 Å². The average molecular weight is 486 g/mol. The number of nitrogens with zero attached hydrogens (tertiary/aromatic N) is 6. The lowest BCUT2D eigenvalue weighted by molar-refractivity contribution is -0.118. The zero-order valence-electron chi connectivity index (χ0n) is 19.5. The Morgan fingerprint density at radius 3 is 2.61 bits per heavy atom. The molecule has 10 heteroatoms. The fraction of sp³-hybridized carbons (Fsp3) is 0.609. The molecule has 2 N–H and O–H groups in total. The summed E-state index contributed by atoms with van der Waals surface area (Å²) in [6.07, 6.45) is 5.51. The molecule has 0 atom stereocenters. The molecule has 8 nitrogen and oxygen atoms in total. The molecule has 1 aliphatic carbocycles. The second-order valence-electron chi connectivity index (χ2n) is 9.44. The van der Waals surface area contributed by atoms with Gasteiger partial charge in [-0.25, -0.2) is 9.97 Å². The van der Waals surface area contributed by atoms with E-state index in [4.69, 9.17) is 15.7 Å². The maximum Gasteiger partial charge on any atom is 0.217 e. The summed E-state index contributed by atoms with van der Waals surface area (Å²) >= 11 is 3.32. The Morgan fingerprint density at radius 1 is 1.15 bits per heavy atom. The molecule has 1 aliphatic heterocycles. The lowest BCUT2D eigenvalue weighted by atomic mass is 9.99. The standard InChI is InChI=1S/C23H31N7OS2/c1-13-8-10-29(11-9-13)12-18-25-21-20(14(2)15(3)32-21)22(26-18)33-23-28-27-19(7-6-17(24)31)30(23)16-4-5-16/h13,16H,4-12H2,1-3H3,(H2,24,31). The summed E-state index contributed by atoms with van der Waals surface area (Å²) in [6, 6.07) is 0.405. The highest BCUT2D eigenvalue weighted by molar-refractivity contribution is 7.99. The van der Waals surface area contributed by atoms with E-state index in [2.05, 4.69) is 40.4 Å². The van der Waals surface area contributed by atoms with E-state index < -0.39 is 0 Å². The number of likely N-dealkylation sites (tertiary alicyclic amines) is 1. The quantitative estimate of drug-likeness (QED) is 0.480. The van der Waals surface area contributed by atoms with Crippen LogP contribution in [-0.4, -0.2) is 48.6 Å². The minimum absolute atomic E-state index is 0.286. The van der Waals surface area contributed by atoms with Crippen molar-refractivity contribution in [2.45, 2.75) is 82.1 Å². The lowest BCUT2D eigenvalue weighted by Crippen LogP contribution is -2.33. The smallest absolute Gasteiger partial charge is 0.217 e. The van der Waals surface area contributed by atoms with Gasteiger partial charge in [0.05, 0.1) is 6.54 Å². The molecule has 33 heavy (non-hydrogen) atoms. The molecule has 0 bridgehead atoms. The number of aryl methyl sites for hydroxylation is 3. The zero-order valence-corrected chi connectivity index (χ0v) is 21.1. The molecular formula is C23H31N7OS2. The lowest BCUT2D eigenvalue weighted by Gasteiger charge is -2.29. The molecule has 3 aromatic heterocycles. The van der Waals surface area contributed by atoms with Gasteiger partial charge in [0.1, 0.15) is 21.5 Å². The predicted molar refractivity (Wildman–Crippen MR) is 130 cm³/mol. The zero-order chi connectivity index (χ0) is 23.1. The molecule has 1 amide bonds. The Kier molecular flexibility index (Phi) is 6.41. The van der Waals surface area contributed by atoms with E-state index in [9.17, 15) is 4.79 Å². The van der Waals surface area contributed by atoms with Crippen LogP contribution in [0.3, 0.4) is 0 Å². The van der Waals surface area contributed by atoms with E-state index in [1.165, 1.54) is 23.3 Å². The van der Waals surface area contributed by atoms with Gasteiger partial charge >= 0.3 is 0 Å². The van der Waals surface area contributed by atoms with Gasteiger partial charge < -0.3 is 10.3 Å². The van der Waals surface area contributed by atoms with Crippen molar-refractivity contribution in [1.82, 2.24) is 29.6 Å². The maximum absolute atomic E-state index is 11.3. The number of hydrogen-bond acceptors (Lipinski definition) is 8. The van der Waals surface area contributed by atoms with E-state index in [0.717, 1.165) is 70.4 Å². The molecule has 0 aromatic carbocycles. The summed E-state index contributed by atoms with van der Waals surface area (Å²) in [5.41, 5.74) is 6.61. The minimum Gasteiger partial charge on any atom is -0.370 e. The van der Waals surface area contributed by atoms with Gasteiger partial charge in [-0.3, -0.25) is 9.69 Å². The number of rotatable bonds is 8. The molecule has 5 rings (SSSR count). The normalized spacial score (nSPS) is 17.8. The summed E-state index contributed by atoms with van der Waals surface area (Å²) in [5.74, 6) is 2.21. The van der Waals surface area contributed by atoms with Crippen LogP contribution in [0.5, 0.6) is 0 Å². The number of piperidine rings is 1. The third-order valence-electron chi connectivity index (χ3n) is 6.71. The van der Waals surface area contributed by atoms with Crippen LogP contribution in [0.1, 0.15) is 67.2 Å². The number of nitrogens with two attached hydrogens (primary N) is 1. The third-order valence-corrected chi connectivity index (χ3v) is 8.76. The highest BCUT2D eigenvalue weighted by Crippen LogP contribution is 2.42. The topological polar surface area (TPSA) is 103 Å². The van der Waals surface area contributed by atoms with Gasteiger partial charge in [0.2, 0.25) is 5.91 Å². The first-order chi connectivity index (χ1) is 15.9. The summed E-state index contributed by atoms with van der Waals surface area (Å²) in [6.45, 7) is 9.62. The predicted octanol–water partition coefficient (Wildman–Crippen LogP) is 4.04. The second kappa shape index (κ2) is 9.31. The monoisotopic (exact) mass is 485 g/mol. The molecule has 2 aliphatic rings. The van der Waals surface area contributed by atoms with E-state index in [0.29, 0.717) is 12.5 Å². The highest BCUT2D eigenvalue weighted by atomic mass is 32.2. The van der Waals surface area contributed by atoms with Crippen LogP contribution in [0.2, 0.25) is 0 Å². The first kappa shape index (κ1) is 22.7. The van der Waals surface area contributed by atoms with Crippen molar-refractivity contribution in [2.75, 3.05) is 13.1 Å². The molecule has 3 aromatic rings. The average Bonchev–Trinajstić information content (AvgIpc) is 3.47. The number of thiophene rings is 1. The number of fused-ring (bicyclic) bond motifs is 1. The molecule has 0 radical (unpaired) electrons. The van der Waals surface area contributed by atoms with Crippen molar-refractivity contribution in [1.29, 1.82) is 0 Å². The Bertz CT molecular complexity index is 1180. The van der Waals surface area contributed by atoms with Crippen LogP contribution in [0, 0.1) is 19.8 Å². The van der Waals surface area contributed by atoms with Gasteiger partial charge in [-0.1, -0.05) is 6.92 Å². The number of hydrogen-bond donors (Lipinski definition) is 1. The summed E-state index contributed by atoms with van der Waals surface area (Å²) in [4.78, 5) is 26.1. The fourth-order valence-electron chi connectivity index (χ4n) is 4.39. The molecule has 176 valence electrons. The third kappa shape index (κ3) is 4.93. The van der Waals surface area contributed by atoms with Crippen LogP contribution in [-0.2, 0) is 17.8 Å². The molecule has 0 spiro atoms. The minimum atomic E-state index is -0.312. The Balaban J connectivity index is 1.48. The van der Waals surface area contributed by atoms with Crippen molar-refractivity contribution < 1.29 is 4.79 Å². The SMILES string of the molecule is Cc1sc2nc(CN3CCC(C)CC3)nc(Sc3nnc(CCC(N)=O)n3C3CC3)c2c1C. The number of carbonyl (C=O) groups is 1. The van der Waals surface area contributed by atoms with Crippen LogP contribution in [0.4, 0.5) is 0 Å². The number of aromatic nitrogens is 5. The van der Waals surface area contributed by atoms with Crippen LogP contribution < -0.4 is 5.73 Å². The molecule has 2 fully saturated rings. The molecule has 0 unspecified atom stereocenters. The molecular weight excluding hydrogens is 454 g/mol. The summed E-state index contributed by atoms with van der Waals surface area (Å²) in [7, 11) is 0. The summed E-state index contributed by atoms with van der Waals surface area (Å²) in [5, 5.41) is 11.8. The van der Waals surface area contributed by atoms with Crippen LogP contribution >= 0.6 is 23.1 Å². The number of amides is 1. The van der Waals surface area contributed by atoms with Gasteiger partial charge in [0, 0.05) is 29.1 Å². The van der Waals surface area contributed by atoms with E-state index in [-0.39, 0.29) is 12.3 Å². The summed E-state index contributed by atoms with van der Waals surface area (Å²) < 4.78 is 2.20. The molecule has 4 heterocycles. The van der Waals surface area contributed by atoms with Crippen LogP contribution in [0.15, 0.2) is 10.2 Å². The van der Waals surface area contributed by atoms with Gasteiger partial charge in [-0.2, -0.15) is 0 Å². The van der Waals surface area contributed by atoms with E-state index in [1.54, 1.807) is 23.1 Å². The van der Waals surface area contributed by atoms with Crippen LogP contribution in [0.25, 0.3) is 10.2 Å². The molecule has 1 saturated carbocycles. The molecule has 1 saturated heterocycles. The Hall–Kier alpha value is -2.04.